The van der Waals surface area contributed by atoms with E-state index < -0.39 is 45.7 Å². The van der Waals surface area contributed by atoms with Gasteiger partial charge in [0.15, 0.2) is 0 Å². The number of anilines is 1. The molecule has 0 bridgehead atoms. The number of carbonyl (C=O) groups is 1. The number of nitrogens with one attached hydrogen (secondary N) is 1. The van der Waals surface area contributed by atoms with Crippen LogP contribution in [0.15, 0.2) is 23.1 Å². The minimum atomic E-state index is -4.18. The highest BCUT2D eigenvalue weighted by atomic mass is 32.2. The Morgan fingerprint density at radius 1 is 1.32 bits per heavy atom. The van der Waals surface area contributed by atoms with Gasteiger partial charge >= 0.3 is 5.97 Å². The van der Waals surface area contributed by atoms with Gasteiger partial charge in [-0.2, -0.15) is 0 Å². The molecule has 0 aliphatic carbocycles. The maximum absolute atomic E-state index is 12.0. The van der Waals surface area contributed by atoms with E-state index >= 15 is 0 Å². The molecule has 0 aliphatic heterocycles. The van der Waals surface area contributed by atoms with Gasteiger partial charge in [0.1, 0.15) is 0 Å². The first-order valence-corrected chi connectivity index (χ1v) is 6.67. The van der Waals surface area contributed by atoms with Crippen molar-refractivity contribution >= 4 is 21.7 Å². The fourth-order valence-corrected chi connectivity index (χ4v) is 2.76. The smallest absolute Gasteiger partial charge is 0.337 e. The lowest BCUT2D eigenvalue weighted by Gasteiger charge is -2.15. The maximum atomic E-state index is 12.0. The summed E-state index contributed by atoms with van der Waals surface area (Å²) in [6, 6.07) is 2.20. The van der Waals surface area contributed by atoms with Crippen LogP contribution in [0.4, 0.5) is 5.69 Å². The molecule has 0 aromatic heterocycles. The molecule has 0 unspecified atom stereocenters. The molecule has 0 spiro atoms. The molecule has 106 valence electrons. The zero-order valence-electron chi connectivity index (χ0n) is 9.78. The van der Waals surface area contributed by atoms with Crippen LogP contribution in [0.5, 0.6) is 0 Å². The van der Waals surface area contributed by atoms with E-state index in [1.165, 1.54) is 6.07 Å². The van der Waals surface area contributed by atoms with Gasteiger partial charge in [-0.15, -0.1) is 0 Å². The van der Waals surface area contributed by atoms with E-state index in [0.29, 0.717) is 0 Å². The third-order valence-corrected chi connectivity index (χ3v) is 3.86. The molecule has 1 aromatic carbocycles. The van der Waals surface area contributed by atoms with E-state index in [-0.39, 0.29) is 5.69 Å². The average Bonchev–Trinajstić information content (AvgIpc) is 2.35. The van der Waals surface area contributed by atoms with Gasteiger partial charge in [-0.25, -0.2) is 17.9 Å². The number of sulfonamides is 1. The fraction of sp³-hybridized carbons (Fsp3) is 0.300. The number of nitrogen functional groups attached to an aromatic ring is 1. The van der Waals surface area contributed by atoms with E-state index in [1.807, 2.05) is 4.72 Å². The number of carboxylic acids is 1. The first-order valence-electron chi connectivity index (χ1n) is 5.18. The lowest BCUT2D eigenvalue weighted by Crippen LogP contribution is -2.40. The number of benzene rings is 1. The first kappa shape index (κ1) is 15.4. The Bertz CT molecular complexity index is 567. The summed E-state index contributed by atoms with van der Waals surface area (Å²) in [4.78, 5) is 10.5. The van der Waals surface area contributed by atoms with Crippen LogP contribution >= 0.6 is 0 Å². The summed E-state index contributed by atoms with van der Waals surface area (Å²) in [6.07, 6.45) is 0. The van der Waals surface area contributed by atoms with Crippen molar-refractivity contribution in [3.8, 4) is 0 Å². The second kappa shape index (κ2) is 5.97. The highest BCUT2D eigenvalue weighted by Crippen LogP contribution is 2.19. The molecule has 0 amide bonds. The van der Waals surface area contributed by atoms with Gasteiger partial charge in [0.2, 0.25) is 10.0 Å². The Morgan fingerprint density at radius 3 is 2.37 bits per heavy atom. The minimum absolute atomic E-state index is 0.109. The Hall–Kier alpha value is -1.68. The van der Waals surface area contributed by atoms with Crippen molar-refractivity contribution in [2.24, 2.45) is 0 Å². The van der Waals surface area contributed by atoms with Crippen molar-refractivity contribution < 1.29 is 28.5 Å². The topological polar surface area (TPSA) is 150 Å². The molecule has 0 saturated carbocycles. The molecule has 9 heteroatoms. The zero-order chi connectivity index (χ0) is 14.6. The molecule has 19 heavy (non-hydrogen) atoms. The summed E-state index contributed by atoms with van der Waals surface area (Å²) in [5.74, 6) is -1.45. The molecular formula is C10H14N2O6S. The van der Waals surface area contributed by atoms with E-state index in [2.05, 4.69) is 0 Å². The lowest BCUT2D eigenvalue weighted by atomic mass is 10.2. The van der Waals surface area contributed by atoms with Gasteiger partial charge < -0.3 is 21.1 Å². The number of nitrogens with two attached hydrogens (primary N) is 1. The van der Waals surface area contributed by atoms with Crippen LogP contribution in [0.1, 0.15) is 10.4 Å². The van der Waals surface area contributed by atoms with Gasteiger partial charge in [-0.1, -0.05) is 0 Å². The van der Waals surface area contributed by atoms with E-state index in [4.69, 9.17) is 21.1 Å². The minimum Gasteiger partial charge on any atom is -0.478 e. The summed E-state index contributed by atoms with van der Waals surface area (Å²) >= 11 is 0. The van der Waals surface area contributed by atoms with Crippen LogP contribution in [-0.2, 0) is 10.0 Å². The predicted molar refractivity (Wildman–Crippen MR) is 66.1 cm³/mol. The van der Waals surface area contributed by atoms with E-state index in [0.717, 1.165) is 12.1 Å². The molecule has 0 aliphatic rings. The maximum Gasteiger partial charge on any atom is 0.337 e. The van der Waals surface area contributed by atoms with Crippen molar-refractivity contribution in [2.75, 3.05) is 18.9 Å². The Morgan fingerprint density at radius 2 is 1.89 bits per heavy atom. The van der Waals surface area contributed by atoms with Gasteiger partial charge in [-0.3, -0.25) is 0 Å². The standard InChI is InChI=1S/C10H14N2O6S/c11-6-1-2-9(8(3-6)10(15)16)19(17,18)12-7(4-13)5-14/h1-3,7,12-14H,4-5,11H2,(H,15,16). The van der Waals surface area contributed by atoms with Gasteiger partial charge in [0, 0.05) is 5.69 Å². The molecule has 0 fully saturated rings. The number of aliphatic hydroxyl groups excluding tert-OH is 2. The number of hydrogen-bond donors (Lipinski definition) is 5. The highest BCUT2D eigenvalue weighted by Gasteiger charge is 2.25. The van der Waals surface area contributed by atoms with Crippen molar-refractivity contribution in [1.82, 2.24) is 4.72 Å². The Kier molecular flexibility index (Phi) is 4.84. The molecule has 0 saturated heterocycles. The van der Waals surface area contributed by atoms with E-state index in [9.17, 15) is 13.2 Å². The molecular weight excluding hydrogens is 276 g/mol. The highest BCUT2D eigenvalue weighted by molar-refractivity contribution is 7.89. The molecule has 8 nitrogen and oxygen atoms in total. The average molecular weight is 290 g/mol. The van der Waals surface area contributed by atoms with Crippen molar-refractivity contribution in [2.45, 2.75) is 10.9 Å². The van der Waals surface area contributed by atoms with Crippen LogP contribution in [0.2, 0.25) is 0 Å². The largest absolute Gasteiger partial charge is 0.478 e. The Labute approximate surface area is 109 Å². The van der Waals surface area contributed by atoms with E-state index in [1.54, 1.807) is 0 Å². The van der Waals surface area contributed by atoms with Crippen molar-refractivity contribution in [3.63, 3.8) is 0 Å². The SMILES string of the molecule is Nc1ccc(S(=O)(=O)NC(CO)CO)c(C(=O)O)c1. The van der Waals surface area contributed by atoms with Crippen LogP contribution in [-0.4, -0.2) is 49.0 Å². The third-order valence-electron chi connectivity index (χ3n) is 2.29. The summed E-state index contributed by atoms with van der Waals surface area (Å²) in [5, 5.41) is 26.6. The number of rotatable bonds is 6. The summed E-state index contributed by atoms with van der Waals surface area (Å²) in [5.41, 5.74) is 5.03. The quantitative estimate of drug-likeness (QED) is 0.404. The lowest BCUT2D eigenvalue weighted by molar-refractivity contribution is 0.0692. The fourth-order valence-electron chi connectivity index (χ4n) is 1.36. The molecule has 1 rings (SSSR count). The van der Waals surface area contributed by atoms with Gasteiger partial charge in [0.05, 0.1) is 29.7 Å². The zero-order valence-corrected chi connectivity index (χ0v) is 10.6. The summed E-state index contributed by atoms with van der Waals surface area (Å²) in [6.45, 7) is -1.24. The number of hydrogen-bond acceptors (Lipinski definition) is 6. The summed E-state index contributed by atoms with van der Waals surface area (Å²) < 4.78 is 25.9. The van der Waals surface area contributed by atoms with Gasteiger partial charge in [-0.05, 0) is 18.2 Å². The normalized spacial score (nSPS) is 11.7. The van der Waals surface area contributed by atoms with Crippen LogP contribution in [0, 0.1) is 0 Å². The van der Waals surface area contributed by atoms with Crippen LogP contribution < -0.4 is 10.5 Å². The van der Waals surface area contributed by atoms with Crippen LogP contribution in [0.25, 0.3) is 0 Å². The number of aromatic carboxylic acids is 1. The molecule has 0 atom stereocenters. The third kappa shape index (κ3) is 3.64. The molecule has 0 heterocycles. The molecule has 1 aromatic rings. The second-order valence-electron chi connectivity index (χ2n) is 3.74. The first-order chi connectivity index (χ1) is 8.81. The molecule has 0 radical (unpaired) electrons. The van der Waals surface area contributed by atoms with Gasteiger partial charge in [0.25, 0.3) is 0 Å². The number of carboxylic acid groups (broad SMARTS) is 1. The van der Waals surface area contributed by atoms with Crippen LogP contribution in [0.3, 0.4) is 0 Å². The Balaban J connectivity index is 3.25. The predicted octanol–water partition coefficient (Wildman–Crippen LogP) is -1.40. The van der Waals surface area contributed by atoms with Crippen molar-refractivity contribution in [1.29, 1.82) is 0 Å². The molecule has 6 N–H and O–H groups in total. The van der Waals surface area contributed by atoms with Crippen molar-refractivity contribution in [3.05, 3.63) is 23.8 Å². The second-order valence-corrected chi connectivity index (χ2v) is 5.43. The number of aliphatic hydroxyl groups is 2. The summed E-state index contributed by atoms with van der Waals surface area (Å²) in [7, 11) is -4.18. The monoisotopic (exact) mass is 290 g/mol.